The lowest BCUT2D eigenvalue weighted by Gasteiger charge is -2.37. The number of nitrogens with two attached hydrogens (primary N) is 2. The first-order valence-electron chi connectivity index (χ1n) is 5.32. The Morgan fingerprint density at radius 2 is 1.87 bits per heavy atom. The molecule has 2 unspecified atom stereocenters. The summed E-state index contributed by atoms with van der Waals surface area (Å²) < 4.78 is 11.6. The van der Waals surface area contributed by atoms with Crippen LogP contribution in [0.2, 0.25) is 0 Å². The van der Waals surface area contributed by atoms with Crippen molar-refractivity contribution in [3.05, 3.63) is 0 Å². The molecule has 1 rings (SSSR count). The molecule has 0 aromatic carbocycles. The zero-order valence-electron chi connectivity index (χ0n) is 9.69. The summed E-state index contributed by atoms with van der Waals surface area (Å²) in [6.07, 6.45) is 1.90. The Labute approximate surface area is 91.3 Å². The summed E-state index contributed by atoms with van der Waals surface area (Å²) in [4.78, 5) is 11.6. The Morgan fingerprint density at radius 3 is 2.27 bits per heavy atom. The zero-order valence-corrected chi connectivity index (χ0v) is 10.6. The first kappa shape index (κ1) is 12.9. The van der Waals surface area contributed by atoms with Crippen LogP contribution in [0, 0.1) is 11.3 Å². The van der Waals surface area contributed by atoms with Gasteiger partial charge in [0.2, 0.25) is 7.44 Å². The summed E-state index contributed by atoms with van der Waals surface area (Å²) in [5.74, 6) is 0.351. The molecule has 0 radical (unpaired) electrons. The van der Waals surface area contributed by atoms with E-state index in [9.17, 15) is 9.36 Å². The van der Waals surface area contributed by atoms with E-state index in [1.807, 2.05) is 0 Å². The van der Waals surface area contributed by atoms with Crippen molar-refractivity contribution in [2.45, 2.75) is 45.7 Å². The third-order valence-corrected chi connectivity index (χ3v) is 4.80. The molecule has 4 N–H and O–H groups in total. The van der Waals surface area contributed by atoms with Gasteiger partial charge in [-0.05, 0) is 24.2 Å². The molecule has 0 bridgehead atoms. The van der Waals surface area contributed by atoms with E-state index in [0.717, 1.165) is 6.42 Å². The number of hydrogen-bond acceptors (Lipinski definition) is 2. The van der Waals surface area contributed by atoms with Gasteiger partial charge in [-0.25, -0.2) is 0 Å². The second-order valence-electron chi connectivity index (χ2n) is 5.58. The van der Waals surface area contributed by atoms with Crippen LogP contribution < -0.4 is 11.0 Å². The number of Topliss-reactive ketones (excluding diaryl/α,β-unsaturated/α-hetero) is 1. The van der Waals surface area contributed by atoms with Crippen molar-refractivity contribution >= 4 is 13.2 Å². The smallest absolute Gasteiger partial charge is 0.216 e. The molecule has 0 heterocycles. The number of ketones is 1. The largest absolute Gasteiger partial charge is 0.299 e. The number of rotatable bonds is 1. The van der Waals surface area contributed by atoms with Crippen LogP contribution in [0.25, 0.3) is 0 Å². The quantitative estimate of drug-likeness (QED) is 0.676. The van der Waals surface area contributed by atoms with E-state index in [4.69, 9.17) is 11.0 Å². The van der Waals surface area contributed by atoms with E-state index in [1.165, 1.54) is 0 Å². The summed E-state index contributed by atoms with van der Waals surface area (Å²) in [6.45, 7) is 6.38. The van der Waals surface area contributed by atoms with E-state index >= 15 is 0 Å². The average Bonchev–Trinajstić information content (AvgIpc) is 2.00. The maximum atomic E-state index is 11.6. The van der Waals surface area contributed by atoms with E-state index in [0.29, 0.717) is 18.8 Å². The third kappa shape index (κ3) is 3.13. The zero-order chi connectivity index (χ0) is 11.9. The Kier molecular flexibility index (Phi) is 3.44. The lowest BCUT2D eigenvalue weighted by atomic mass is 9.72. The molecule has 1 aliphatic carbocycles. The number of carbonyl (C=O) groups is 1. The first-order valence-corrected chi connectivity index (χ1v) is 7.23. The molecule has 5 heteroatoms. The van der Waals surface area contributed by atoms with Gasteiger partial charge in [0.05, 0.1) is 5.66 Å². The molecule has 1 saturated carbocycles. The van der Waals surface area contributed by atoms with Gasteiger partial charge in [-0.2, -0.15) is 0 Å². The topological polar surface area (TPSA) is 86.2 Å². The molecule has 88 valence electrons. The fraction of sp³-hybridized carbons (Fsp3) is 0.900. The van der Waals surface area contributed by atoms with Crippen LogP contribution in [0.1, 0.15) is 40.0 Å². The molecule has 0 aromatic heterocycles. The Bertz CT molecular complexity index is 303. The van der Waals surface area contributed by atoms with Crippen molar-refractivity contribution in [1.29, 1.82) is 0 Å². The van der Waals surface area contributed by atoms with Gasteiger partial charge in [-0.15, -0.1) is 0 Å². The minimum absolute atomic E-state index is 0.0242. The Morgan fingerprint density at radius 1 is 1.33 bits per heavy atom. The summed E-state index contributed by atoms with van der Waals surface area (Å²) in [5, 5.41) is 0. The SMILES string of the molecule is CC(C)(C)C1CCC(=O)C(P(N)(N)=O)C1. The lowest BCUT2D eigenvalue weighted by molar-refractivity contribution is -0.121. The molecular weight excluding hydrogens is 211 g/mol. The van der Waals surface area contributed by atoms with Gasteiger partial charge in [0.1, 0.15) is 5.78 Å². The molecule has 0 amide bonds. The van der Waals surface area contributed by atoms with Crippen molar-refractivity contribution in [2.75, 3.05) is 0 Å². The molecule has 4 nitrogen and oxygen atoms in total. The minimum atomic E-state index is -3.25. The van der Waals surface area contributed by atoms with Crippen LogP contribution in [0.4, 0.5) is 0 Å². The van der Waals surface area contributed by atoms with Crippen molar-refractivity contribution < 1.29 is 9.36 Å². The van der Waals surface area contributed by atoms with Crippen molar-refractivity contribution in [3.63, 3.8) is 0 Å². The van der Waals surface area contributed by atoms with Crippen LogP contribution >= 0.6 is 7.44 Å². The van der Waals surface area contributed by atoms with Crippen molar-refractivity contribution in [2.24, 2.45) is 22.3 Å². The van der Waals surface area contributed by atoms with Crippen LogP contribution in [0.3, 0.4) is 0 Å². The van der Waals surface area contributed by atoms with Gasteiger partial charge in [0.15, 0.2) is 0 Å². The highest BCUT2D eigenvalue weighted by atomic mass is 31.2. The lowest BCUT2D eigenvalue weighted by Crippen LogP contribution is -2.38. The van der Waals surface area contributed by atoms with Gasteiger partial charge in [-0.3, -0.25) is 20.4 Å². The summed E-state index contributed by atoms with van der Waals surface area (Å²) in [5.41, 5.74) is 10.3. The van der Waals surface area contributed by atoms with Gasteiger partial charge in [0, 0.05) is 6.42 Å². The summed E-state index contributed by atoms with van der Waals surface area (Å²) in [7, 11) is -3.25. The maximum absolute atomic E-state index is 11.6. The molecule has 0 spiro atoms. The Balaban J connectivity index is 2.82. The van der Waals surface area contributed by atoms with Gasteiger partial charge in [0.25, 0.3) is 0 Å². The van der Waals surface area contributed by atoms with E-state index < -0.39 is 13.1 Å². The molecule has 1 fully saturated rings. The number of carbonyl (C=O) groups excluding carboxylic acids is 1. The normalized spacial score (nSPS) is 29.3. The summed E-state index contributed by atoms with van der Waals surface area (Å²) >= 11 is 0. The van der Waals surface area contributed by atoms with Crippen LogP contribution in [0.5, 0.6) is 0 Å². The number of hydrogen-bond donors (Lipinski definition) is 2. The predicted molar refractivity (Wildman–Crippen MR) is 61.6 cm³/mol. The van der Waals surface area contributed by atoms with Gasteiger partial charge >= 0.3 is 0 Å². The molecule has 0 aliphatic heterocycles. The fourth-order valence-electron chi connectivity index (χ4n) is 2.18. The second-order valence-corrected chi connectivity index (χ2v) is 7.73. The summed E-state index contributed by atoms with van der Waals surface area (Å²) in [6, 6.07) is 0. The van der Waals surface area contributed by atoms with Crippen LogP contribution in [0.15, 0.2) is 0 Å². The minimum Gasteiger partial charge on any atom is -0.299 e. The average molecular weight is 232 g/mol. The Hall–Kier alpha value is -0.180. The highest BCUT2D eigenvalue weighted by Crippen LogP contribution is 2.46. The standard InChI is InChI=1S/C10H21N2O2P/c1-10(2,3)7-4-5-8(13)9(6-7)15(11,12)14/h7,9H,4-6H2,1-3H3,(H4,11,12,14). The van der Waals surface area contributed by atoms with E-state index in [2.05, 4.69) is 20.8 Å². The van der Waals surface area contributed by atoms with Gasteiger partial charge in [-0.1, -0.05) is 20.8 Å². The predicted octanol–water partition coefficient (Wildman–Crippen LogP) is 1.88. The highest BCUT2D eigenvalue weighted by Gasteiger charge is 2.41. The van der Waals surface area contributed by atoms with E-state index in [-0.39, 0.29) is 11.2 Å². The molecule has 15 heavy (non-hydrogen) atoms. The molecule has 0 aromatic rings. The van der Waals surface area contributed by atoms with Crippen LogP contribution in [-0.4, -0.2) is 11.4 Å². The molecular formula is C10H21N2O2P. The molecule has 2 atom stereocenters. The van der Waals surface area contributed by atoms with E-state index in [1.54, 1.807) is 0 Å². The molecule has 1 aliphatic rings. The molecule has 0 saturated heterocycles. The second kappa shape index (κ2) is 4.00. The monoisotopic (exact) mass is 232 g/mol. The van der Waals surface area contributed by atoms with Crippen molar-refractivity contribution in [1.82, 2.24) is 0 Å². The fourth-order valence-corrected chi connectivity index (χ4v) is 3.34. The first-order chi connectivity index (χ1) is 6.62. The van der Waals surface area contributed by atoms with Crippen molar-refractivity contribution in [3.8, 4) is 0 Å². The maximum Gasteiger partial charge on any atom is 0.216 e. The van der Waals surface area contributed by atoms with Gasteiger partial charge < -0.3 is 0 Å². The highest BCUT2D eigenvalue weighted by molar-refractivity contribution is 7.60. The third-order valence-electron chi connectivity index (χ3n) is 3.33. The van der Waals surface area contributed by atoms with Crippen LogP contribution in [-0.2, 0) is 9.36 Å².